The standard InChI is InChI=1S/C16H27N3O/c1-13(2)11-14-7-9-19(12-14)16(17-3)18-8-6-15-5-4-10-20-15/h4-5,10,13-14H,6-9,11-12H2,1-3H3,(H,17,18). The number of aliphatic imine (C=N–C) groups is 1. The fraction of sp³-hybridized carbons (Fsp3) is 0.688. The number of furan rings is 1. The summed E-state index contributed by atoms with van der Waals surface area (Å²) in [6.07, 6.45) is 5.23. The van der Waals surface area contributed by atoms with Gasteiger partial charge in [-0.15, -0.1) is 0 Å². The maximum Gasteiger partial charge on any atom is 0.193 e. The van der Waals surface area contributed by atoms with Crippen molar-refractivity contribution < 1.29 is 4.42 Å². The molecule has 0 amide bonds. The van der Waals surface area contributed by atoms with Crippen LogP contribution in [0.1, 0.15) is 32.4 Å². The van der Waals surface area contributed by atoms with Gasteiger partial charge in [0.1, 0.15) is 5.76 Å². The monoisotopic (exact) mass is 277 g/mol. The molecule has 0 radical (unpaired) electrons. The predicted molar refractivity (Wildman–Crippen MR) is 82.9 cm³/mol. The van der Waals surface area contributed by atoms with E-state index in [1.165, 1.54) is 12.8 Å². The van der Waals surface area contributed by atoms with Crippen LogP contribution in [0.2, 0.25) is 0 Å². The van der Waals surface area contributed by atoms with Gasteiger partial charge in [0.25, 0.3) is 0 Å². The average molecular weight is 277 g/mol. The molecule has 1 aliphatic heterocycles. The maximum atomic E-state index is 5.34. The SMILES string of the molecule is CN=C(NCCc1ccco1)N1CCC(CC(C)C)C1. The molecule has 1 N–H and O–H groups in total. The third-order valence-electron chi connectivity index (χ3n) is 3.84. The second-order valence-electron chi connectivity index (χ2n) is 6.03. The maximum absolute atomic E-state index is 5.34. The first-order valence-corrected chi connectivity index (χ1v) is 7.67. The van der Waals surface area contributed by atoms with Crippen molar-refractivity contribution in [1.82, 2.24) is 10.2 Å². The minimum atomic E-state index is 0.786. The minimum absolute atomic E-state index is 0.786. The van der Waals surface area contributed by atoms with Gasteiger partial charge in [-0.3, -0.25) is 4.99 Å². The summed E-state index contributed by atoms with van der Waals surface area (Å²) in [6, 6.07) is 3.94. The Morgan fingerprint density at radius 3 is 3.05 bits per heavy atom. The van der Waals surface area contributed by atoms with Gasteiger partial charge in [-0.25, -0.2) is 0 Å². The number of guanidine groups is 1. The van der Waals surface area contributed by atoms with Crippen molar-refractivity contribution in [3.8, 4) is 0 Å². The number of rotatable bonds is 5. The zero-order valence-electron chi connectivity index (χ0n) is 12.9. The first kappa shape index (κ1) is 14.9. The van der Waals surface area contributed by atoms with Crippen LogP contribution < -0.4 is 5.32 Å². The van der Waals surface area contributed by atoms with Crippen molar-refractivity contribution in [2.45, 2.75) is 33.1 Å². The molecule has 0 bridgehead atoms. The van der Waals surface area contributed by atoms with Gasteiger partial charge < -0.3 is 14.6 Å². The Hall–Kier alpha value is -1.45. The molecular weight excluding hydrogens is 250 g/mol. The van der Waals surface area contributed by atoms with E-state index in [0.717, 1.165) is 49.6 Å². The average Bonchev–Trinajstić information content (AvgIpc) is 3.05. The molecule has 1 saturated heterocycles. The first-order valence-electron chi connectivity index (χ1n) is 7.67. The lowest BCUT2D eigenvalue weighted by Gasteiger charge is -2.22. The van der Waals surface area contributed by atoms with Crippen LogP contribution in [-0.2, 0) is 6.42 Å². The van der Waals surface area contributed by atoms with E-state index in [9.17, 15) is 0 Å². The molecular formula is C16H27N3O. The van der Waals surface area contributed by atoms with Crippen molar-refractivity contribution >= 4 is 5.96 Å². The first-order chi connectivity index (χ1) is 9.69. The molecule has 4 heteroatoms. The molecule has 1 atom stereocenters. The fourth-order valence-electron chi connectivity index (χ4n) is 2.97. The van der Waals surface area contributed by atoms with Crippen molar-refractivity contribution in [3.05, 3.63) is 24.2 Å². The smallest absolute Gasteiger partial charge is 0.193 e. The van der Waals surface area contributed by atoms with Gasteiger partial charge in [0.15, 0.2) is 5.96 Å². The van der Waals surface area contributed by atoms with Crippen LogP contribution in [0.3, 0.4) is 0 Å². The highest BCUT2D eigenvalue weighted by Gasteiger charge is 2.25. The Kier molecular flexibility index (Phi) is 5.50. The number of nitrogens with one attached hydrogen (secondary N) is 1. The molecule has 0 aliphatic carbocycles. The number of likely N-dealkylation sites (tertiary alicyclic amines) is 1. The van der Waals surface area contributed by atoms with Crippen molar-refractivity contribution in [2.75, 3.05) is 26.7 Å². The second-order valence-corrected chi connectivity index (χ2v) is 6.03. The molecule has 2 heterocycles. The van der Waals surface area contributed by atoms with Crippen LogP contribution in [-0.4, -0.2) is 37.5 Å². The minimum Gasteiger partial charge on any atom is -0.469 e. The number of nitrogens with zero attached hydrogens (tertiary/aromatic N) is 2. The third kappa shape index (κ3) is 4.29. The van der Waals surface area contributed by atoms with Gasteiger partial charge in [0.2, 0.25) is 0 Å². The summed E-state index contributed by atoms with van der Waals surface area (Å²) in [5.41, 5.74) is 0. The summed E-state index contributed by atoms with van der Waals surface area (Å²) in [7, 11) is 1.87. The van der Waals surface area contributed by atoms with Gasteiger partial charge in [0.05, 0.1) is 6.26 Å². The molecule has 2 rings (SSSR count). The van der Waals surface area contributed by atoms with Gasteiger partial charge in [-0.05, 0) is 36.8 Å². The van der Waals surface area contributed by atoms with E-state index in [1.807, 2.05) is 19.2 Å². The molecule has 0 spiro atoms. The zero-order chi connectivity index (χ0) is 14.4. The summed E-state index contributed by atoms with van der Waals surface area (Å²) in [5.74, 6) is 3.65. The van der Waals surface area contributed by atoms with Crippen molar-refractivity contribution in [3.63, 3.8) is 0 Å². The molecule has 112 valence electrons. The third-order valence-corrected chi connectivity index (χ3v) is 3.84. The molecule has 20 heavy (non-hydrogen) atoms. The Bertz CT molecular complexity index is 411. The van der Waals surface area contributed by atoms with Gasteiger partial charge in [-0.1, -0.05) is 13.8 Å². The Morgan fingerprint density at radius 1 is 1.55 bits per heavy atom. The molecule has 1 unspecified atom stereocenters. The topological polar surface area (TPSA) is 40.8 Å². The number of hydrogen-bond acceptors (Lipinski definition) is 2. The molecule has 1 aromatic rings. The van der Waals surface area contributed by atoms with Crippen LogP contribution in [0.15, 0.2) is 27.8 Å². The highest BCUT2D eigenvalue weighted by molar-refractivity contribution is 5.80. The van der Waals surface area contributed by atoms with Crippen molar-refractivity contribution in [1.29, 1.82) is 0 Å². The van der Waals surface area contributed by atoms with E-state index < -0.39 is 0 Å². The van der Waals surface area contributed by atoms with E-state index in [1.54, 1.807) is 6.26 Å². The van der Waals surface area contributed by atoms with E-state index in [-0.39, 0.29) is 0 Å². The van der Waals surface area contributed by atoms with E-state index in [0.29, 0.717) is 0 Å². The molecule has 1 aliphatic rings. The van der Waals surface area contributed by atoms with E-state index >= 15 is 0 Å². The Labute approximate surface area is 122 Å². The van der Waals surface area contributed by atoms with Crippen LogP contribution in [0.4, 0.5) is 0 Å². The summed E-state index contributed by atoms with van der Waals surface area (Å²) < 4.78 is 5.34. The fourth-order valence-corrected chi connectivity index (χ4v) is 2.97. The highest BCUT2D eigenvalue weighted by atomic mass is 16.3. The second kappa shape index (κ2) is 7.36. The van der Waals surface area contributed by atoms with E-state index in [2.05, 4.69) is 29.1 Å². The lowest BCUT2D eigenvalue weighted by atomic mass is 9.97. The Morgan fingerprint density at radius 2 is 2.40 bits per heavy atom. The van der Waals surface area contributed by atoms with Crippen LogP contribution in [0, 0.1) is 11.8 Å². The normalized spacial score (nSPS) is 19.9. The highest BCUT2D eigenvalue weighted by Crippen LogP contribution is 2.23. The summed E-state index contributed by atoms with van der Waals surface area (Å²) in [5, 5.41) is 3.44. The van der Waals surface area contributed by atoms with Gasteiger partial charge >= 0.3 is 0 Å². The Balaban J connectivity index is 1.75. The largest absolute Gasteiger partial charge is 0.469 e. The van der Waals surface area contributed by atoms with Crippen molar-refractivity contribution in [2.24, 2.45) is 16.8 Å². The van der Waals surface area contributed by atoms with Crippen LogP contribution in [0.25, 0.3) is 0 Å². The summed E-state index contributed by atoms with van der Waals surface area (Å²) in [4.78, 5) is 6.79. The van der Waals surface area contributed by atoms with Crippen LogP contribution >= 0.6 is 0 Å². The molecule has 1 aromatic heterocycles. The zero-order valence-corrected chi connectivity index (χ0v) is 12.9. The van der Waals surface area contributed by atoms with E-state index in [4.69, 9.17) is 4.42 Å². The predicted octanol–water partition coefficient (Wildman–Crippen LogP) is 2.77. The molecule has 4 nitrogen and oxygen atoms in total. The number of hydrogen-bond donors (Lipinski definition) is 1. The summed E-state index contributed by atoms with van der Waals surface area (Å²) >= 11 is 0. The van der Waals surface area contributed by atoms with Gasteiger partial charge in [0, 0.05) is 33.1 Å². The van der Waals surface area contributed by atoms with Crippen LogP contribution in [0.5, 0.6) is 0 Å². The molecule has 0 aromatic carbocycles. The molecule has 0 saturated carbocycles. The lowest BCUT2D eigenvalue weighted by molar-refractivity contribution is 0.403. The lowest BCUT2D eigenvalue weighted by Crippen LogP contribution is -2.40. The quantitative estimate of drug-likeness (QED) is 0.664. The summed E-state index contributed by atoms with van der Waals surface area (Å²) in [6.45, 7) is 7.74. The molecule has 1 fully saturated rings. The van der Waals surface area contributed by atoms with Gasteiger partial charge in [-0.2, -0.15) is 0 Å².